The van der Waals surface area contributed by atoms with Crippen molar-refractivity contribution < 1.29 is 31.5 Å². The number of carbonyl (C=O) groups excluding carboxylic acids is 1. The summed E-state index contributed by atoms with van der Waals surface area (Å²) in [6, 6.07) is 3.37. The van der Waals surface area contributed by atoms with Crippen LogP contribution in [0.3, 0.4) is 0 Å². The van der Waals surface area contributed by atoms with E-state index in [1.807, 2.05) is 0 Å². The van der Waals surface area contributed by atoms with E-state index in [-0.39, 0.29) is 16.2 Å². The van der Waals surface area contributed by atoms with Gasteiger partial charge in [0.05, 0.1) is 12.0 Å². The molecule has 0 heterocycles. The SMILES string of the molecule is COC(=O)c1cc(S(C)(=O)=O)ccc1OC(C)C(C)(F)F. The molecule has 0 fully saturated rings. The van der Waals surface area contributed by atoms with Crippen molar-refractivity contribution >= 4 is 15.8 Å². The summed E-state index contributed by atoms with van der Waals surface area (Å²) in [5, 5.41) is 0. The molecular formula is C13H16F2O5S. The minimum Gasteiger partial charge on any atom is -0.484 e. The molecule has 1 unspecified atom stereocenters. The van der Waals surface area contributed by atoms with Crippen LogP contribution in [0.15, 0.2) is 23.1 Å². The fraction of sp³-hybridized carbons (Fsp3) is 0.462. The van der Waals surface area contributed by atoms with Gasteiger partial charge < -0.3 is 9.47 Å². The summed E-state index contributed by atoms with van der Waals surface area (Å²) in [5.74, 6) is -4.16. The summed E-state index contributed by atoms with van der Waals surface area (Å²) in [6.07, 6.45) is -0.530. The number of sulfone groups is 1. The van der Waals surface area contributed by atoms with Crippen molar-refractivity contribution in [1.82, 2.24) is 0 Å². The van der Waals surface area contributed by atoms with Gasteiger partial charge in [-0.05, 0) is 25.1 Å². The number of alkyl halides is 2. The normalized spacial score (nSPS) is 13.6. The first-order valence-electron chi connectivity index (χ1n) is 5.93. The Bertz CT molecular complexity index is 634. The Kier molecular flexibility index (Phi) is 4.93. The molecule has 1 aromatic rings. The van der Waals surface area contributed by atoms with Crippen molar-refractivity contribution in [3.8, 4) is 5.75 Å². The van der Waals surface area contributed by atoms with Gasteiger partial charge in [0.15, 0.2) is 15.9 Å². The minimum absolute atomic E-state index is 0.133. The molecule has 8 heteroatoms. The summed E-state index contributed by atoms with van der Waals surface area (Å²) < 4.78 is 58.8. The second kappa shape index (κ2) is 5.97. The van der Waals surface area contributed by atoms with E-state index in [1.54, 1.807) is 0 Å². The fourth-order valence-corrected chi connectivity index (χ4v) is 2.05. The third-order valence-electron chi connectivity index (χ3n) is 2.80. The van der Waals surface area contributed by atoms with E-state index in [2.05, 4.69) is 4.74 Å². The Morgan fingerprint density at radius 2 is 1.90 bits per heavy atom. The van der Waals surface area contributed by atoms with Crippen LogP contribution in [-0.2, 0) is 14.6 Å². The summed E-state index contributed by atoms with van der Waals surface area (Å²) in [5.41, 5.74) is -0.225. The Balaban J connectivity index is 3.30. The smallest absolute Gasteiger partial charge is 0.341 e. The number of hydrogen-bond donors (Lipinski definition) is 0. The highest BCUT2D eigenvalue weighted by Crippen LogP contribution is 2.28. The predicted molar refractivity (Wildman–Crippen MR) is 71.6 cm³/mol. The highest BCUT2D eigenvalue weighted by Gasteiger charge is 2.33. The van der Waals surface area contributed by atoms with Gasteiger partial charge in [0.1, 0.15) is 11.3 Å². The summed E-state index contributed by atoms with van der Waals surface area (Å²) in [6.45, 7) is 1.83. The molecule has 5 nitrogen and oxygen atoms in total. The van der Waals surface area contributed by atoms with Gasteiger partial charge in [0, 0.05) is 13.2 Å². The Morgan fingerprint density at radius 1 is 1.33 bits per heavy atom. The summed E-state index contributed by atoms with van der Waals surface area (Å²) in [4.78, 5) is 11.5. The molecule has 0 aliphatic rings. The van der Waals surface area contributed by atoms with Crippen LogP contribution in [0.5, 0.6) is 5.75 Å². The Hall–Kier alpha value is -1.70. The van der Waals surface area contributed by atoms with Gasteiger partial charge in [-0.1, -0.05) is 0 Å². The lowest BCUT2D eigenvalue weighted by Gasteiger charge is -2.22. The quantitative estimate of drug-likeness (QED) is 0.778. The maximum atomic E-state index is 13.1. The van der Waals surface area contributed by atoms with E-state index in [4.69, 9.17) is 4.74 Å². The van der Waals surface area contributed by atoms with E-state index in [0.29, 0.717) is 6.92 Å². The molecule has 0 radical (unpaired) electrons. The van der Waals surface area contributed by atoms with Gasteiger partial charge in [0.25, 0.3) is 5.92 Å². The highest BCUT2D eigenvalue weighted by molar-refractivity contribution is 7.90. The largest absolute Gasteiger partial charge is 0.484 e. The average Bonchev–Trinajstić information content (AvgIpc) is 2.35. The molecule has 1 aromatic carbocycles. The molecule has 0 N–H and O–H groups in total. The molecule has 0 spiro atoms. The van der Waals surface area contributed by atoms with Crippen molar-refractivity contribution in [2.24, 2.45) is 0 Å². The van der Waals surface area contributed by atoms with Crippen molar-refractivity contribution in [3.05, 3.63) is 23.8 Å². The molecule has 0 bridgehead atoms. The van der Waals surface area contributed by atoms with Crippen molar-refractivity contribution in [2.75, 3.05) is 13.4 Å². The monoisotopic (exact) mass is 322 g/mol. The molecule has 21 heavy (non-hydrogen) atoms. The topological polar surface area (TPSA) is 69.7 Å². The van der Waals surface area contributed by atoms with Gasteiger partial charge in [-0.15, -0.1) is 0 Å². The molecule has 0 saturated carbocycles. The van der Waals surface area contributed by atoms with Gasteiger partial charge in [-0.25, -0.2) is 22.0 Å². The standard InChI is InChI=1S/C13H16F2O5S/c1-8(13(2,14)15)20-11-6-5-9(21(4,17)18)7-10(11)12(16)19-3/h5-8H,1-4H3. The lowest BCUT2D eigenvalue weighted by atomic mass is 10.2. The Labute approximate surface area is 121 Å². The van der Waals surface area contributed by atoms with E-state index < -0.39 is 27.8 Å². The van der Waals surface area contributed by atoms with Gasteiger partial charge in [-0.3, -0.25) is 0 Å². The van der Waals surface area contributed by atoms with Crippen molar-refractivity contribution in [2.45, 2.75) is 30.8 Å². The molecule has 1 atom stereocenters. The van der Waals surface area contributed by atoms with Gasteiger partial charge >= 0.3 is 5.97 Å². The molecule has 118 valence electrons. The predicted octanol–water partition coefficient (Wildman–Crippen LogP) is 2.30. The fourth-order valence-electron chi connectivity index (χ4n) is 1.41. The number of rotatable bonds is 5. The van der Waals surface area contributed by atoms with Crippen LogP contribution in [0.2, 0.25) is 0 Å². The van der Waals surface area contributed by atoms with Crippen LogP contribution >= 0.6 is 0 Å². The molecule has 0 amide bonds. The second-order valence-corrected chi connectivity index (χ2v) is 6.65. The first kappa shape index (κ1) is 17.4. The zero-order chi connectivity index (χ0) is 16.4. The van der Waals surface area contributed by atoms with E-state index in [0.717, 1.165) is 32.4 Å². The number of benzene rings is 1. The molecule has 0 aromatic heterocycles. The minimum atomic E-state index is -3.55. The molecule has 0 aliphatic heterocycles. The third-order valence-corrected chi connectivity index (χ3v) is 3.91. The van der Waals surface area contributed by atoms with E-state index in [1.165, 1.54) is 6.07 Å². The van der Waals surface area contributed by atoms with Crippen LogP contribution in [0, 0.1) is 0 Å². The first-order valence-corrected chi connectivity index (χ1v) is 7.83. The Morgan fingerprint density at radius 3 is 2.33 bits per heavy atom. The number of methoxy groups -OCH3 is 1. The van der Waals surface area contributed by atoms with Gasteiger partial charge in [-0.2, -0.15) is 0 Å². The molecule has 1 rings (SSSR count). The average molecular weight is 322 g/mol. The lowest BCUT2D eigenvalue weighted by molar-refractivity contribution is -0.0721. The van der Waals surface area contributed by atoms with Crippen molar-refractivity contribution in [3.63, 3.8) is 0 Å². The number of halogens is 2. The molecular weight excluding hydrogens is 306 g/mol. The van der Waals surface area contributed by atoms with Crippen LogP contribution in [0.1, 0.15) is 24.2 Å². The maximum absolute atomic E-state index is 13.1. The second-order valence-electron chi connectivity index (χ2n) is 4.64. The summed E-state index contributed by atoms with van der Waals surface area (Å²) in [7, 11) is -2.46. The number of ether oxygens (including phenoxy) is 2. The van der Waals surface area contributed by atoms with E-state index >= 15 is 0 Å². The number of esters is 1. The van der Waals surface area contributed by atoms with Crippen molar-refractivity contribution in [1.29, 1.82) is 0 Å². The zero-order valence-electron chi connectivity index (χ0n) is 12.0. The maximum Gasteiger partial charge on any atom is 0.341 e. The third kappa shape index (κ3) is 4.38. The zero-order valence-corrected chi connectivity index (χ0v) is 12.8. The molecule has 0 saturated heterocycles. The van der Waals surface area contributed by atoms with Crippen LogP contribution in [0.4, 0.5) is 8.78 Å². The molecule has 0 aliphatic carbocycles. The van der Waals surface area contributed by atoms with E-state index in [9.17, 15) is 22.0 Å². The highest BCUT2D eigenvalue weighted by atomic mass is 32.2. The van der Waals surface area contributed by atoms with Crippen LogP contribution in [0.25, 0.3) is 0 Å². The lowest BCUT2D eigenvalue weighted by Crippen LogP contribution is -2.33. The number of hydrogen-bond acceptors (Lipinski definition) is 5. The summed E-state index contributed by atoms with van der Waals surface area (Å²) >= 11 is 0. The van der Waals surface area contributed by atoms with Gasteiger partial charge in [0.2, 0.25) is 0 Å². The first-order chi connectivity index (χ1) is 9.46. The van der Waals surface area contributed by atoms with Crippen LogP contribution in [-0.4, -0.2) is 39.8 Å². The van der Waals surface area contributed by atoms with Crippen LogP contribution < -0.4 is 4.74 Å². The number of carbonyl (C=O) groups is 1.